The van der Waals surface area contributed by atoms with Crippen molar-refractivity contribution in [2.45, 2.75) is 0 Å². The summed E-state index contributed by atoms with van der Waals surface area (Å²) in [6.07, 6.45) is 0. The molecule has 0 spiro atoms. The molecule has 0 aliphatic heterocycles. The number of rotatable bonds is 3. The lowest BCUT2D eigenvalue weighted by atomic mass is 10.3. The summed E-state index contributed by atoms with van der Waals surface area (Å²) in [4.78, 5) is 19.1. The topological polar surface area (TPSA) is 78.2 Å². The van der Waals surface area contributed by atoms with Crippen LogP contribution in [-0.4, -0.2) is 14.9 Å². The maximum Gasteiger partial charge on any atom is 0.273 e. The normalized spacial score (nSPS) is 10.8. The Balaban J connectivity index is 2.08. The van der Waals surface area contributed by atoms with Gasteiger partial charge in [-0.2, -0.15) is 4.98 Å². The van der Waals surface area contributed by atoms with E-state index in [-0.39, 0.29) is 22.6 Å². The van der Waals surface area contributed by atoms with Crippen molar-refractivity contribution in [2.24, 2.45) is 0 Å². The molecular formula is C12H5BrClN3O3S. The second-order valence-corrected chi connectivity index (χ2v) is 6.00. The molecule has 2 heterocycles. The summed E-state index contributed by atoms with van der Waals surface area (Å²) >= 11 is 10.5. The Morgan fingerprint density at radius 2 is 2.14 bits per heavy atom. The second kappa shape index (κ2) is 5.55. The summed E-state index contributed by atoms with van der Waals surface area (Å²) in [6, 6.07) is 6.04. The van der Waals surface area contributed by atoms with E-state index in [1.165, 1.54) is 23.5 Å². The average molecular weight is 387 g/mol. The summed E-state index contributed by atoms with van der Waals surface area (Å²) in [5.41, 5.74) is -0.0742. The largest absolute Gasteiger partial charge is 0.437 e. The maximum absolute atomic E-state index is 10.8. The Morgan fingerprint density at radius 1 is 1.33 bits per heavy atom. The third kappa shape index (κ3) is 2.82. The van der Waals surface area contributed by atoms with E-state index >= 15 is 0 Å². The summed E-state index contributed by atoms with van der Waals surface area (Å²) in [5.74, 6) is 0.541. The zero-order valence-corrected chi connectivity index (χ0v) is 13.3. The van der Waals surface area contributed by atoms with E-state index < -0.39 is 4.92 Å². The molecule has 0 aliphatic rings. The fourth-order valence-electron chi connectivity index (χ4n) is 1.67. The van der Waals surface area contributed by atoms with Crippen LogP contribution < -0.4 is 4.74 Å². The third-order valence-corrected chi connectivity index (χ3v) is 4.23. The van der Waals surface area contributed by atoms with Gasteiger partial charge in [0.25, 0.3) is 5.69 Å². The molecule has 3 rings (SSSR count). The van der Waals surface area contributed by atoms with Crippen molar-refractivity contribution in [3.05, 3.63) is 49.5 Å². The van der Waals surface area contributed by atoms with Gasteiger partial charge in [-0.05, 0) is 45.0 Å². The fourth-order valence-corrected chi connectivity index (χ4v) is 2.96. The van der Waals surface area contributed by atoms with Gasteiger partial charge < -0.3 is 4.74 Å². The van der Waals surface area contributed by atoms with Crippen LogP contribution in [0.5, 0.6) is 11.6 Å². The van der Waals surface area contributed by atoms with Gasteiger partial charge in [0.2, 0.25) is 11.2 Å². The molecule has 21 heavy (non-hydrogen) atoms. The van der Waals surface area contributed by atoms with Gasteiger partial charge in [-0.15, -0.1) is 11.3 Å². The Labute approximate surface area is 135 Å². The number of halogens is 2. The van der Waals surface area contributed by atoms with Crippen LogP contribution in [0.1, 0.15) is 0 Å². The number of hydrogen-bond donors (Lipinski definition) is 0. The van der Waals surface area contributed by atoms with E-state index in [9.17, 15) is 10.1 Å². The van der Waals surface area contributed by atoms with Crippen LogP contribution in [0.25, 0.3) is 10.2 Å². The van der Waals surface area contributed by atoms with Crippen molar-refractivity contribution in [2.75, 3.05) is 0 Å². The van der Waals surface area contributed by atoms with E-state index in [0.29, 0.717) is 14.7 Å². The molecule has 0 bridgehead atoms. The number of hydrogen-bond acceptors (Lipinski definition) is 6. The van der Waals surface area contributed by atoms with E-state index in [1.54, 1.807) is 12.1 Å². The average Bonchev–Trinajstić information content (AvgIpc) is 2.89. The Morgan fingerprint density at radius 3 is 2.90 bits per heavy atom. The molecule has 3 aromatic rings. The number of nitro groups is 1. The van der Waals surface area contributed by atoms with E-state index in [4.69, 9.17) is 16.3 Å². The summed E-state index contributed by atoms with van der Waals surface area (Å²) in [6.45, 7) is 0. The van der Waals surface area contributed by atoms with Crippen LogP contribution in [-0.2, 0) is 0 Å². The summed E-state index contributed by atoms with van der Waals surface area (Å²) in [7, 11) is 0. The van der Waals surface area contributed by atoms with Crippen LogP contribution in [0.15, 0.2) is 34.1 Å². The number of thiophene rings is 1. The summed E-state index contributed by atoms with van der Waals surface area (Å²) < 4.78 is 6.25. The minimum Gasteiger partial charge on any atom is -0.437 e. The first kappa shape index (κ1) is 14.2. The van der Waals surface area contributed by atoms with Gasteiger partial charge in [0.05, 0.1) is 20.8 Å². The number of ether oxygens (including phenoxy) is 1. The smallest absolute Gasteiger partial charge is 0.273 e. The van der Waals surface area contributed by atoms with Crippen LogP contribution in [0.4, 0.5) is 5.69 Å². The number of nitrogens with zero attached hydrogens (tertiary/aromatic N) is 3. The van der Waals surface area contributed by atoms with Crippen molar-refractivity contribution >= 4 is 54.8 Å². The highest BCUT2D eigenvalue weighted by Crippen LogP contribution is 2.36. The third-order valence-electron chi connectivity index (χ3n) is 2.60. The van der Waals surface area contributed by atoms with Crippen LogP contribution >= 0.6 is 38.9 Å². The SMILES string of the molecule is O=[N+]([O-])c1ccc(Br)c(Oc2nc(Cl)nc3sccc23)c1. The van der Waals surface area contributed by atoms with Gasteiger partial charge in [-0.25, -0.2) is 4.98 Å². The van der Waals surface area contributed by atoms with Crippen molar-refractivity contribution in [3.63, 3.8) is 0 Å². The lowest BCUT2D eigenvalue weighted by Crippen LogP contribution is -1.94. The van der Waals surface area contributed by atoms with Gasteiger partial charge in [-0.3, -0.25) is 10.1 Å². The molecule has 0 aliphatic carbocycles. The quantitative estimate of drug-likeness (QED) is 0.367. The molecular weight excluding hydrogens is 382 g/mol. The van der Waals surface area contributed by atoms with Crippen molar-refractivity contribution in [1.82, 2.24) is 9.97 Å². The van der Waals surface area contributed by atoms with Crippen molar-refractivity contribution < 1.29 is 9.66 Å². The Hall–Kier alpha value is -1.77. The molecule has 0 unspecified atom stereocenters. The van der Waals surface area contributed by atoms with Gasteiger partial charge in [0.15, 0.2) is 5.75 Å². The monoisotopic (exact) mass is 385 g/mol. The van der Waals surface area contributed by atoms with Crippen molar-refractivity contribution in [3.8, 4) is 11.6 Å². The lowest BCUT2D eigenvalue weighted by Gasteiger charge is -2.07. The van der Waals surface area contributed by atoms with Gasteiger partial charge in [0, 0.05) is 6.07 Å². The standard InChI is InChI=1S/C12H5BrClN3O3S/c13-8-2-1-6(17(18)19)5-9(8)20-10-7-3-4-21-11(7)16-12(14)15-10/h1-5H. The van der Waals surface area contributed by atoms with E-state index in [0.717, 1.165) is 0 Å². The zero-order chi connectivity index (χ0) is 15.0. The predicted octanol–water partition coefficient (Wildman–Crippen LogP) is 4.81. The molecule has 106 valence electrons. The van der Waals surface area contributed by atoms with Gasteiger partial charge in [-0.1, -0.05) is 0 Å². The van der Waals surface area contributed by atoms with E-state index in [1.807, 2.05) is 5.38 Å². The fraction of sp³-hybridized carbons (Fsp3) is 0. The minimum absolute atomic E-state index is 0.0569. The first-order valence-corrected chi connectivity index (χ1v) is 7.62. The summed E-state index contributed by atoms with van der Waals surface area (Å²) in [5, 5.41) is 13.4. The second-order valence-electron chi connectivity index (χ2n) is 3.91. The van der Waals surface area contributed by atoms with Crippen molar-refractivity contribution in [1.29, 1.82) is 0 Å². The molecule has 0 amide bonds. The lowest BCUT2D eigenvalue weighted by molar-refractivity contribution is -0.384. The molecule has 0 atom stereocenters. The molecule has 0 saturated heterocycles. The van der Waals surface area contributed by atoms with Crippen LogP contribution in [0.3, 0.4) is 0 Å². The van der Waals surface area contributed by atoms with Crippen LogP contribution in [0.2, 0.25) is 5.28 Å². The number of benzene rings is 1. The van der Waals surface area contributed by atoms with E-state index in [2.05, 4.69) is 25.9 Å². The Kier molecular flexibility index (Phi) is 3.75. The molecule has 9 heteroatoms. The first-order chi connectivity index (χ1) is 10.0. The number of non-ortho nitro benzene ring substituents is 1. The van der Waals surface area contributed by atoms with Gasteiger partial charge in [0.1, 0.15) is 4.83 Å². The molecule has 0 radical (unpaired) electrons. The highest BCUT2D eigenvalue weighted by molar-refractivity contribution is 9.10. The molecule has 0 N–H and O–H groups in total. The zero-order valence-electron chi connectivity index (χ0n) is 10.1. The number of nitro benzene ring substituents is 1. The highest BCUT2D eigenvalue weighted by Gasteiger charge is 2.15. The number of aromatic nitrogens is 2. The molecule has 1 aromatic carbocycles. The van der Waals surface area contributed by atoms with Crippen LogP contribution in [0, 0.1) is 10.1 Å². The van der Waals surface area contributed by atoms with Gasteiger partial charge >= 0.3 is 0 Å². The first-order valence-electron chi connectivity index (χ1n) is 5.57. The maximum atomic E-state index is 10.8. The minimum atomic E-state index is -0.494. The highest BCUT2D eigenvalue weighted by atomic mass is 79.9. The molecule has 0 fully saturated rings. The Bertz CT molecular complexity index is 855. The molecule has 2 aromatic heterocycles. The predicted molar refractivity (Wildman–Crippen MR) is 83.3 cm³/mol. The molecule has 0 saturated carbocycles. The molecule has 6 nitrogen and oxygen atoms in total. The number of fused-ring (bicyclic) bond motifs is 1.